The van der Waals surface area contributed by atoms with Gasteiger partial charge < -0.3 is 19.7 Å². The van der Waals surface area contributed by atoms with Crippen LogP contribution in [0.25, 0.3) is 10.2 Å². The second kappa shape index (κ2) is 9.92. The molecular formula is C23H27ClN4O3S. The fraction of sp³-hybridized carbons (Fsp3) is 0.435. The first kappa shape index (κ1) is 22.6. The molecule has 1 fully saturated rings. The van der Waals surface area contributed by atoms with E-state index in [1.165, 1.54) is 0 Å². The standard InChI is InChI=1S/C23H27ClN4O3S/c1-4-31-22(29)16-7-9-28(10-8-16)23-26-20(19-14(2)13-32-21(19)27-23)25-12-15-5-6-18(30-3)17(24)11-15/h5-6,11,13,16H,4,7-10,12H2,1-3H3,(H,25,26,27). The van der Waals surface area contributed by atoms with Gasteiger partial charge in [-0.2, -0.15) is 4.98 Å². The molecule has 0 atom stereocenters. The van der Waals surface area contributed by atoms with Crippen LogP contribution in [-0.2, 0) is 16.1 Å². The van der Waals surface area contributed by atoms with Crippen LogP contribution in [0.15, 0.2) is 23.6 Å². The number of rotatable bonds is 7. The number of fused-ring (bicyclic) bond motifs is 1. The van der Waals surface area contributed by atoms with E-state index in [2.05, 4.69) is 22.5 Å². The van der Waals surface area contributed by atoms with Crippen LogP contribution in [0.3, 0.4) is 0 Å². The average Bonchev–Trinajstić information content (AvgIpc) is 3.18. The van der Waals surface area contributed by atoms with Gasteiger partial charge in [0.25, 0.3) is 0 Å². The first-order valence-electron chi connectivity index (χ1n) is 10.7. The normalized spacial score (nSPS) is 14.6. The third kappa shape index (κ3) is 4.76. The van der Waals surface area contributed by atoms with Crippen LogP contribution in [0.1, 0.15) is 30.9 Å². The van der Waals surface area contributed by atoms with Gasteiger partial charge >= 0.3 is 5.97 Å². The summed E-state index contributed by atoms with van der Waals surface area (Å²) >= 11 is 7.90. The van der Waals surface area contributed by atoms with Gasteiger partial charge in [-0.15, -0.1) is 11.3 Å². The molecule has 1 aliphatic heterocycles. The van der Waals surface area contributed by atoms with Gasteiger partial charge in [0.15, 0.2) is 0 Å². The molecule has 0 radical (unpaired) electrons. The summed E-state index contributed by atoms with van der Waals surface area (Å²) in [6.45, 7) is 6.37. The van der Waals surface area contributed by atoms with Crippen LogP contribution in [0.5, 0.6) is 5.75 Å². The Morgan fingerprint density at radius 3 is 2.78 bits per heavy atom. The Kier molecular flexibility index (Phi) is 7.01. The Hall–Kier alpha value is -2.58. The van der Waals surface area contributed by atoms with Crippen molar-refractivity contribution >= 4 is 50.9 Å². The maximum absolute atomic E-state index is 12.1. The number of methoxy groups -OCH3 is 1. The number of piperidine rings is 1. The Labute approximate surface area is 196 Å². The number of anilines is 2. The zero-order valence-corrected chi connectivity index (χ0v) is 20.1. The smallest absolute Gasteiger partial charge is 0.309 e. The Morgan fingerprint density at radius 2 is 2.09 bits per heavy atom. The highest BCUT2D eigenvalue weighted by atomic mass is 35.5. The van der Waals surface area contributed by atoms with Gasteiger partial charge in [-0.05, 0) is 55.3 Å². The molecule has 1 aliphatic rings. The van der Waals surface area contributed by atoms with Crippen LogP contribution < -0.4 is 15.0 Å². The van der Waals surface area contributed by atoms with Crippen molar-refractivity contribution in [2.45, 2.75) is 33.2 Å². The predicted molar refractivity (Wildman–Crippen MR) is 129 cm³/mol. The summed E-state index contributed by atoms with van der Waals surface area (Å²) in [6, 6.07) is 5.74. The number of aromatic nitrogens is 2. The molecule has 170 valence electrons. The molecule has 2 aromatic heterocycles. The number of carbonyl (C=O) groups excluding carboxylic acids is 1. The molecule has 3 aromatic rings. The van der Waals surface area contributed by atoms with Crippen molar-refractivity contribution in [3.63, 3.8) is 0 Å². The second-order valence-corrected chi connectivity index (χ2v) is 9.07. The molecule has 3 heterocycles. The van der Waals surface area contributed by atoms with Gasteiger partial charge in [0.05, 0.1) is 30.0 Å². The Bertz CT molecular complexity index is 1110. The molecule has 0 unspecified atom stereocenters. The topological polar surface area (TPSA) is 76.6 Å². The minimum absolute atomic E-state index is 0.0451. The van der Waals surface area contributed by atoms with Crippen molar-refractivity contribution in [2.24, 2.45) is 5.92 Å². The summed E-state index contributed by atoms with van der Waals surface area (Å²) in [5, 5.41) is 7.20. The largest absolute Gasteiger partial charge is 0.495 e. The zero-order chi connectivity index (χ0) is 22.7. The molecule has 1 N–H and O–H groups in total. The van der Waals surface area contributed by atoms with Gasteiger partial charge in [0, 0.05) is 19.6 Å². The van der Waals surface area contributed by atoms with E-state index in [4.69, 9.17) is 31.0 Å². The summed E-state index contributed by atoms with van der Waals surface area (Å²) < 4.78 is 10.4. The minimum atomic E-state index is -0.0992. The van der Waals surface area contributed by atoms with E-state index >= 15 is 0 Å². The number of nitrogens with zero attached hydrogens (tertiary/aromatic N) is 3. The molecule has 0 saturated carbocycles. The van der Waals surface area contributed by atoms with Gasteiger partial charge in [0.2, 0.25) is 5.95 Å². The molecule has 7 nitrogen and oxygen atoms in total. The maximum atomic E-state index is 12.1. The van der Waals surface area contributed by atoms with Crippen LogP contribution in [0.4, 0.5) is 11.8 Å². The number of halogens is 1. The van der Waals surface area contributed by atoms with E-state index < -0.39 is 0 Å². The highest BCUT2D eigenvalue weighted by molar-refractivity contribution is 7.17. The lowest BCUT2D eigenvalue weighted by molar-refractivity contribution is -0.148. The molecule has 0 bridgehead atoms. The van der Waals surface area contributed by atoms with E-state index in [1.54, 1.807) is 18.4 Å². The lowest BCUT2D eigenvalue weighted by Crippen LogP contribution is -2.38. The number of nitrogens with one attached hydrogen (secondary N) is 1. The Balaban J connectivity index is 1.53. The third-order valence-corrected chi connectivity index (χ3v) is 6.97. The quantitative estimate of drug-likeness (QED) is 0.480. The van der Waals surface area contributed by atoms with Crippen LogP contribution in [-0.4, -0.2) is 42.7 Å². The van der Waals surface area contributed by atoms with E-state index in [0.29, 0.717) is 29.9 Å². The molecular weight excluding hydrogens is 448 g/mol. The van der Waals surface area contributed by atoms with Crippen molar-refractivity contribution in [2.75, 3.05) is 37.0 Å². The van der Waals surface area contributed by atoms with E-state index in [0.717, 1.165) is 53.1 Å². The predicted octanol–water partition coefficient (Wildman–Crippen LogP) is 5.05. The van der Waals surface area contributed by atoms with E-state index in [1.807, 2.05) is 25.1 Å². The molecule has 0 amide bonds. The molecule has 32 heavy (non-hydrogen) atoms. The number of thiophene rings is 1. The molecule has 9 heteroatoms. The van der Waals surface area contributed by atoms with Crippen molar-refractivity contribution in [3.8, 4) is 5.75 Å². The number of carbonyl (C=O) groups is 1. The fourth-order valence-corrected chi connectivity index (χ4v) is 5.12. The Morgan fingerprint density at radius 1 is 1.31 bits per heavy atom. The summed E-state index contributed by atoms with van der Waals surface area (Å²) in [7, 11) is 1.60. The average molecular weight is 475 g/mol. The van der Waals surface area contributed by atoms with Gasteiger partial charge in [-0.1, -0.05) is 17.7 Å². The van der Waals surface area contributed by atoms with Gasteiger partial charge in [-0.3, -0.25) is 4.79 Å². The fourth-order valence-electron chi connectivity index (χ4n) is 3.92. The third-order valence-electron chi connectivity index (χ3n) is 5.68. The number of aryl methyl sites for hydroxylation is 1. The molecule has 1 aromatic carbocycles. The summed E-state index contributed by atoms with van der Waals surface area (Å²) in [5.41, 5.74) is 2.18. The molecule has 4 rings (SSSR count). The van der Waals surface area contributed by atoms with Crippen LogP contribution >= 0.6 is 22.9 Å². The minimum Gasteiger partial charge on any atom is -0.495 e. The first-order chi connectivity index (χ1) is 15.5. The van der Waals surface area contributed by atoms with Crippen molar-refractivity contribution in [1.29, 1.82) is 0 Å². The monoisotopic (exact) mass is 474 g/mol. The van der Waals surface area contributed by atoms with Crippen LogP contribution in [0.2, 0.25) is 5.02 Å². The van der Waals surface area contributed by atoms with Gasteiger partial charge in [0.1, 0.15) is 16.4 Å². The van der Waals surface area contributed by atoms with E-state index in [-0.39, 0.29) is 11.9 Å². The van der Waals surface area contributed by atoms with Gasteiger partial charge in [-0.25, -0.2) is 4.98 Å². The van der Waals surface area contributed by atoms with Crippen molar-refractivity contribution in [1.82, 2.24) is 9.97 Å². The molecule has 1 saturated heterocycles. The number of benzene rings is 1. The van der Waals surface area contributed by atoms with Crippen molar-refractivity contribution in [3.05, 3.63) is 39.7 Å². The summed E-state index contributed by atoms with van der Waals surface area (Å²) in [5.74, 6) is 2.01. The maximum Gasteiger partial charge on any atom is 0.309 e. The number of ether oxygens (including phenoxy) is 2. The molecule has 0 aliphatic carbocycles. The van der Waals surface area contributed by atoms with E-state index in [9.17, 15) is 4.79 Å². The lowest BCUT2D eigenvalue weighted by Gasteiger charge is -2.31. The zero-order valence-electron chi connectivity index (χ0n) is 18.5. The summed E-state index contributed by atoms with van der Waals surface area (Å²) in [6.07, 6.45) is 1.49. The second-order valence-electron chi connectivity index (χ2n) is 7.81. The SMILES string of the molecule is CCOC(=O)C1CCN(c2nc(NCc3ccc(OC)c(Cl)c3)c3c(C)csc3n2)CC1. The lowest BCUT2D eigenvalue weighted by atomic mass is 9.97. The van der Waals surface area contributed by atoms with Crippen molar-refractivity contribution < 1.29 is 14.3 Å². The summed E-state index contributed by atoms with van der Waals surface area (Å²) in [4.78, 5) is 24.9. The van der Waals surface area contributed by atoms with Crippen LogP contribution in [0, 0.1) is 12.8 Å². The highest BCUT2D eigenvalue weighted by Crippen LogP contribution is 2.33. The number of esters is 1. The molecule has 0 spiro atoms. The number of hydrogen-bond acceptors (Lipinski definition) is 8. The number of hydrogen-bond donors (Lipinski definition) is 1. The first-order valence-corrected chi connectivity index (χ1v) is 12.0. The highest BCUT2D eigenvalue weighted by Gasteiger charge is 2.28.